The van der Waals surface area contributed by atoms with E-state index in [0.29, 0.717) is 11.4 Å². The SMILES string of the molecule is C/C=C\C(=C/Cc1ccccc1)c1nc(-c2cccc3c4cccc5oc6cccc(c23)c6c54)nc2c1oc1ccccc12. The van der Waals surface area contributed by atoms with Crippen LogP contribution in [0.5, 0.6) is 0 Å². The number of hydrogen-bond acceptors (Lipinski definition) is 4. The fourth-order valence-electron chi connectivity index (χ4n) is 6.72. The molecule has 0 amide bonds. The Kier molecular flexibility index (Phi) is 5.44. The summed E-state index contributed by atoms with van der Waals surface area (Å²) in [6.07, 6.45) is 7.17. The van der Waals surface area contributed by atoms with Crippen LogP contribution in [-0.4, -0.2) is 9.97 Å². The van der Waals surface area contributed by atoms with Crippen LogP contribution in [0, 0.1) is 0 Å². The lowest BCUT2D eigenvalue weighted by molar-refractivity contribution is 0.664. The smallest absolute Gasteiger partial charge is 0.180 e. The monoisotopic (exact) mass is 566 g/mol. The Balaban J connectivity index is 1.38. The lowest BCUT2D eigenvalue weighted by Crippen LogP contribution is -1.98. The Morgan fingerprint density at radius 1 is 0.614 bits per heavy atom. The summed E-state index contributed by atoms with van der Waals surface area (Å²) >= 11 is 0. The van der Waals surface area contributed by atoms with E-state index in [1.165, 1.54) is 16.3 Å². The predicted octanol–water partition coefficient (Wildman–Crippen LogP) is 10.9. The van der Waals surface area contributed by atoms with Gasteiger partial charge in [-0.25, -0.2) is 9.97 Å². The summed E-state index contributed by atoms with van der Waals surface area (Å²) in [4.78, 5) is 10.6. The van der Waals surface area contributed by atoms with Gasteiger partial charge in [-0.05, 0) is 59.3 Å². The molecule has 0 saturated heterocycles. The molecule has 0 unspecified atom stereocenters. The molecule has 0 spiro atoms. The van der Waals surface area contributed by atoms with Crippen LogP contribution in [0.4, 0.5) is 0 Å². The first kappa shape index (κ1) is 24.8. The van der Waals surface area contributed by atoms with Gasteiger partial charge in [0, 0.05) is 32.7 Å². The molecule has 9 rings (SSSR count). The van der Waals surface area contributed by atoms with Crippen LogP contribution in [0.15, 0.2) is 136 Å². The molecule has 44 heavy (non-hydrogen) atoms. The highest BCUT2D eigenvalue weighted by molar-refractivity contribution is 6.34. The Labute approximate surface area is 252 Å². The van der Waals surface area contributed by atoms with Gasteiger partial charge in [-0.2, -0.15) is 0 Å². The minimum Gasteiger partial charge on any atom is -0.456 e. The minimum absolute atomic E-state index is 0.669. The maximum absolute atomic E-state index is 6.48. The number of aromatic nitrogens is 2. The average molecular weight is 567 g/mol. The molecule has 208 valence electrons. The Bertz CT molecular complexity index is 2590. The topological polar surface area (TPSA) is 52.1 Å². The highest BCUT2D eigenvalue weighted by atomic mass is 16.3. The van der Waals surface area contributed by atoms with Crippen molar-refractivity contribution >= 4 is 71.1 Å². The number of allylic oxidation sites excluding steroid dienone is 4. The summed E-state index contributed by atoms with van der Waals surface area (Å²) in [6, 6.07) is 37.6. The van der Waals surface area contributed by atoms with E-state index < -0.39 is 0 Å². The number of hydrogen-bond donors (Lipinski definition) is 0. The van der Waals surface area contributed by atoms with Crippen LogP contribution in [-0.2, 0) is 6.42 Å². The van der Waals surface area contributed by atoms with Crippen LogP contribution in [0.3, 0.4) is 0 Å². The van der Waals surface area contributed by atoms with E-state index >= 15 is 0 Å². The molecule has 4 heteroatoms. The van der Waals surface area contributed by atoms with Crippen molar-refractivity contribution in [2.24, 2.45) is 0 Å². The molecular weight excluding hydrogens is 540 g/mol. The zero-order chi connectivity index (χ0) is 29.2. The number of furan rings is 2. The van der Waals surface area contributed by atoms with Crippen LogP contribution in [0.2, 0.25) is 0 Å². The van der Waals surface area contributed by atoms with Crippen LogP contribution >= 0.6 is 0 Å². The second-order valence-electron chi connectivity index (χ2n) is 11.2. The third kappa shape index (κ3) is 3.64. The van der Waals surface area contributed by atoms with Crippen molar-refractivity contribution in [3.63, 3.8) is 0 Å². The maximum atomic E-state index is 6.48. The van der Waals surface area contributed by atoms with Crippen LogP contribution in [0.25, 0.3) is 82.5 Å². The molecule has 0 N–H and O–H groups in total. The number of para-hydroxylation sites is 1. The largest absolute Gasteiger partial charge is 0.456 e. The van der Waals surface area contributed by atoms with Gasteiger partial charge >= 0.3 is 0 Å². The molecular formula is C40H26N2O2. The molecule has 0 aliphatic rings. The summed E-state index contributed by atoms with van der Waals surface area (Å²) in [5, 5.41) is 7.88. The zero-order valence-corrected chi connectivity index (χ0v) is 24.0. The van der Waals surface area contributed by atoms with Crippen molar-refractivity contribution < 1.29 is 8.83 Å². The van der Waals surface area contributed by atoms with Gasteiger partial charge in [0.2, 0.25) is 0 Å². The number of rotatable bonds is 5. The first-order chi connectivity index (χ1) is 21.8. The second-order valence-corrected chi connectivity index (χ2v) is 11.2. The minimum atomic E-state index is 0.669. The average Bonchev–Trinajstić information content (AvgIpc) is 3.65. The highest BCUT2D eigenvalue weighted by Gasteiger charge is 2.22. The van der Waals surface area contributed by atoms with Gasteiger partial charge in [0.25, 0.3) is 0 Å². The van der Waals surface area contributed by atoms with Crippen LogP contribution < -0.4 is 0 Å². The van der Waals surface area contributed by atoms with Crippen LogP contribution in [0.1, 0.15) is 18.2 Å². The molecule has 3 heterocycles. The molecule has 0 bridgehead atoms. The molecule has 0 aliphatic heterocycles. The van der Waals surface area contributed by atoms with Crippen molar-refractivity contribution in [3.8, 4) is 11.4 Å². The third-order valence-electron chi connectivity index (χ3n) is 8.63. The van der Waals surface area contributed by atoms with E-state index in [1.807, 2.05) is 31.2 Å². The first-order valence-corrected chi connectivity index (χ1v) is 14.9. The van der Waals surface area contributed by atoms with Gasteiger partial charge in [0.05, 0.1) is 0 Å². The van der Waals surface area contributed by atoms with E-state index in [0.717, 1.165) is 72.4 Å². The molecule has 3 aromatic heterocycles. The standard InChI is InChI=1S/C40H26N2O2/c1-2-11-25(23-22-24-12-4-3-5-13-24)37-39-38(28-14-6-7-19-31(28)44-39)42-40(41-37)30-18-8-15-26-27-16-9-20-32-35(27)36-29(34(26)30)17-10-21-33(36)43-32/h2-21,23H,22H2,1H3/b11-2-,25-23+. The van der Waals surface area contributed by atoms with Crippen molar-refractivity contribution in [1.29, 1.82) is 0 Å². The van der Waals surface area contributed by atoms with Gasteiger partial charge in [0.1, 0.15) is 28.0 Å². The zero-order valence-electron chi connectivity index (χ0n) is 24.0. The van der Waals surface area contributed by atoms with E-state index in [2.05, 4.69) is 103 Å². The van der Waals surface area contributed by atoms with Gasteiger partial charge in [-0.15, -0.1) is 0 Å². The fraction of sp³-hybridized carbons (Fsp3) is 0.0500. The Morgan fingerprint density at radius 3 is 2.09 bits per heavy atom. The Morgan fingerprint density at radius 2 is 1.27 bits per heavy atom. The molecule has 0 radical (unpaired) electrons. The molecule has 6 aromatic carbocycles. The van der Waals surface area contributed by atoms with Crippen molar-refractivity contribution in [1.82, 2.24) is 9.97 Å². The van der Waals surface area contributed by atoms with E-state index in [1.54, 1.807) is 0 Å². The molecule has 0 saturated carbocycles. The lowest BCUT2D eigenvalue weighted by Gasteiger charge is -2.13. The quantitative estimate of drug-likeness (QED) is 0.154. The van der Waals surface area contributed by atoms with Gasteiger partial charge in [0.15, 0.2) is 11.4 Å². The maximum Gasteiger partial charge on any atom is 0.180 e. The van der Waals surface area contributed by atoms with Crippen molar-refractivity contribution in [2.75, 3.05) is 0 Å². The van der Waals surface area contributed by atoms with Gasteiger partial charge in [-0.3, -0.25) is 0 Å². The molecule has 0 atom stereocenters. The first-order valence-electron chi connectivity index (χ1n) is 14.9. The van der Waals surface area contributed by atoms with E-state index in [9.17, 15) is 0 Å². The molecule has 0 aliphatic carbocycles. The highest BCUT2D eigenvalue weighted by Crippen LogP contribution is 2.45. The Hall–Kier alpha value is -5.74. The number of benzene rings is 6. The molecule has 0 fully saturated rings. The third-order valence-corrected chi connectivity index (χ3v) is 8.63. The fourth-order valence-corrected chi connectivity index (χ4v) is 6.72. The van der Waals surface area contributed by atoms with Gasteiger partial charge in [-0.1, -0.05) is 103 Å². The molecule has 9 aromatic rings. The van der Waals surface area contributed by atoms with Gasteiger partial charge < -0.3 is 8.83 Å². The normalized spacial score (nSPS) is 12.8. The van der Waals surface area contributed by atoms with E-state index in [-0.39, 0.29) is 0 Å². The van der Waals surface area contributed by atoms with Crippen molar-refractivity contribution in [3.05, 3.63) is 139 Å². The second kappa shape index (κ2) is 9.65. The molecule has 4 nitrogen and oxygen atoms in total. The number of fused-ring (bicyclic) bond motifs is 6. The summed E-state index contributed by atoms with van der Waals surface area (Å²) in [6.45, 7) is 2.03. The predicted molar refractivity (Wildman–Crippen MR) is 181 cm³/mol. The summed E-state index contributed by atoms with van der Waals surface area (Å²) in [5.74, 6) is 0.669. The van der Waals surface area contributed by atoms with E-state index in [4.69, 9.17) is 18.8 Å². The lowest BCUT2D eigenvalue weighted by atomic mass is 9.91. The summed E-state index contributed by atoms with van der Waals surface area (Å²) in [5.41, 5.74) is 8.11. The van der Waals surface area contributed by atoms with Crippen molar-refractivity contribution in [2.45, 2.75) is 13.3 Å². The number of nitrogens with zero attached hydrogens (tertiary/aromatic N) is 2. The summed E-state index contributed by atoms with van der Waals surface area (Å²) in [7, 11) is 0. The summed E-state index contributed by atoms with van der Waals surface area (Å²) < 4.78 is 12.8.